The lowest BCUT2D eigenvalue weighted by Gasteiger charge is -2.19. The number of nitrogens with zero attached hydrogens (tertiary/aromatic N) is 1. The summed E-state index contributed by atoms with van der Waals surface area (Å²) in [6.07, 6.45) is -1.35. The minimum absolute atomic E-state index is 0.0395. The molecule has 9 heteroatoms. The third-order valence-corrected chi connectivity index (χ3v) is 6.27. The normalized spacial score (nSPS) is 11.5. The Morgan fingerprint density at radius 2 is 1.54 bits per heavy atom. The van der Waals surface area contributed by atoms with Crippen molar-refractivity contribution in [2.45, 2.75) is 39.7 Å². The van der Waals surface area contributed by atoms with Crippen molar-refractivity contribution in [1.82, 2.24) is 0 Å². The van der Waals surface area contributed by atoms with E-state index in [2.05, 4.69) is 21.2 Å². The van der Waals surface area contributed by atoms with Crippen LogP contribution in [-0.4, -0.2) is 30.7 Å². The molecular formula is C28H27BrF2N2O4. The minimum Gasteiger partial charge on any atom is -0.480 e. The molecule has 3 rings (SSSR count). The molecule has 0 bridgehead atoms. The molecule has 0 unspecified atom stereocenters. The van der Waals surface area contributed by atoms with Gasteiger partial charge in [-0.1, -0.05) is 15.9 Å². The summed E-state index contributed by atoms with van der Waals surface area (Å²) < 4.78 is 33.8. The number of hydrogen-bond donors (Lipinski definition) is 1. The molecule has 3 aromatic rings. The summed E-state index contributed by atoms with van der Waals surface area (Å²) in [5, 5.41) is 2.84. The van der Waals surface area contributed by atoms with Crippen molar-refractivity contribution >= 4 is 44.9 Å². The minimum atomic E-state index is -0.995. The van der Waals surface area contributed by atoms with Crippen LogP contribution in [0.5, 0.6) is 5.75 Å². The summed E-state index contributed by atoms with van der Waals surface area (Å²) in [6, 6.07) is 12.6. The van der Waals surface area contributed by atoms with E-state index in [0.717, 1.165) is 27.7 Å². The van der Waals surface area contributed by atoms with Gasteiger partial charge in [0.15, 0.2) is 11.9 Å². The van der Waals surface area contributed by atoms with Crippen molar-refractivity contribution in [2.24, 2.45) is 0 Å². The number of halogens is 3. The molecule has 3 aromatic carbocycles. The lowest BCUT2D eigenvalue weighted by Crippen LogP contribution is -2.31. The summed E-state index contributed by atoms with van der Waals surface area (Å²) in [5.74, 6) is -2.36. The molecule has 0 aliphatic carbocycles. The van der Waals surface area contributed by atoms with Gasteiger partial charge < -0.3 is 15.0 Å². The number of carbonyl (C=O) groups excluding carboxylic acids is 3. The predicted octanol–water partition coefficient (Wildman–Crippen LogP) is 6.38. The van der Waals surface area contributed by atoms with Crippen LogP contribution in [-0.2, 0) is 9.59 Å². The Kier molecular flexibility index (Phi) is 9.15. The summed E-state index contributed by atoms with van der Waals surface area (Å²) in [5.41, 5.74) is 2.79. The number of ether oxygens (including phenoxy) is 1. The molecule has 0 saturated heterocycles. The molecule has 37 heavy (non-hydrogen) atoms. The van der Waals surface area contributed by atoms with E-state index < -0.39 is 29.4 Å². The SMILES string of the molecule is Cc1cc(Br)cc(C)c1NC(=O)[C@@H](C)Oc1ccc(F)cc1C(=O)CCC(=O)N(C)c1ccc(F)cc1. The Morgan fingerprint density at radius 1 is 0.946 bits per heavy atom. The van der Waals surface area contributed by atoms with Crippen molar-refractivity contribution in [2.75, 3.05) is 17.3 Å². The molecule has 2 amide bonds. The number of Topliss-reactive ketones (excluding diaryl/α,β-unsaturated/α-hetero) is 1. The van der Waals surface area contributed by atoms with E-state index in [0.29, 0.717) is 11.4 Å². The molecule has 0 radical (unpaired) electrons. The van der Waals surface area contributed by atoms with Gasteiger partial charge in [-0.2, -0.15) is 0 Å². The third kappa shape index (κ3) is 7.22. The lowest BCUT2D eigenvalue weighted by atomic mass is 10.0. The van der Waals surface area contributed by atoms with Gasteiger partial charge in [0, 0.05) is 35.7 Å². The molecule has 0 saturated carbocycles. The average Bonchev–Trinajstić information content (AvgIpc) is 2.85. The molecule has 0 heterocycles. The van der Waals surface area contributed by atoms with Gasteiger partial charge in [-0.25, -0.2) is 8.78 Å². The van der Waals surface area contributed by atoms with Crippen molar-refractivity contribution in [3.8, 4) is 5.75 Å². The first-order valence-electron chi connectivity index (χ1n) is 11.6. The van der Waals surface area contributed by atoms with E-state index >= 15 is 0 Å². The zero-order chi connectivity index (χ0) is 27.3. The van der Waals surface area contributed by atoms with Gasteiger partial charge in [-0.3, -0.25) is 14.4 Å². The first-order valence-corrected chi connectivity index (χ1v) is 12.3. The number of hydrogen-bond acceptors (Lipinski definition) is 4. The number of aryl methyl sites for hydroxylation is 2. The van der Waals surface area contributed by atoms with Crippen LogP contribution in [0.25, 0.3) is 0 Å². The van der Waals surface area contributed by atoms with Crippen LogP contribution in [0.15, 0.2) is 59.1 Å². The smallest absolute Gasteiger partial charge is 0.265 e. The first kappa shape index (κ1) is 28.0. The van der Waals surface area contributed by atoms with Gasteiger partial charge in [0.2, 0.25) is 5.91 Å². The van der Waals surface area contributed by atoms with Crippen LogP contribution in [0.4, 0.5) is 20.2 Å². The highest BCUT2D eigenvalue weighted by atomic mass is 79.9. The maximum absolute atomic E-state index is 14.0. The third-order valence-electron chi connectivity index (χ3n) is 5.81. The van der Waals surface area contributed by atoms with Crippen LogP contribution in [0.2, 0.25) is 0 Å². The second kappa shape index (κ2) is 12.1. The number of rotatable bonds is 9. The van der Waals surface area contributed by atoms with Gasteiger partial charge in [0.1, 0.15) is 17.4 Å². The number of carbonyl (C=O) groups is 3. The Hall–Kier alpha value is -3.59. The number of ketones is 1. The van der Waals surface area contributed by atoms with Gasteiger partial charge in [-0.15, -0.1) is 0 Å². The number of anilines is 2. The largest absolute Gasteiger partial charge is 0.480 e. The summed E-state index contributed by atoms with van der Waals surface area (Å²) in [6.45, 7) is 5.26. The van der Waals surface area contributed by atoms with E-state index in [1.165, 1.54) is 49.2 Å². The molecule has 1 atom stereocenters. The predicted molar refractivity (Wildman–Crippen MR) is 142 cm³/mol. The Labute approximate surface area is 222 Å². The highest BCUT2D eigenvalue weighted by Gasteiger charge is 2.22. The topological polar surface area (TPSA) is 75.7 Å². The maximum Gasteiger partial charge on any atom is 0.265 e. The maximum atomic E-state index is 14.0. The van der Waals surface area contributed by atoms with Crippen molar-refractivity contribution < 1.29 is 27.9 Å². The van der Waals surface area contributed by atoms with Crippen molar-refractivity contribution in [3.05, 3.63) is 87.4 Å². The monoisotopic (exact) mass is 572 g/mol. The summed E-state index contributed by atoms with van der Waals surface area (Å²) in [4.78, 5) is 39.6. The van der Waals surface area contributed by atoms with E-state index in [-0.39, 0.29) is 30.1 Å². The van der Waals surface area contributed by atoms with Crippen LogP contribution < -0.4 is 15.0 Å². The zero-order valence-corrected chi connectivity index (χ0v) is 22.5. The molecule has 1 N–H and O–H groups in total. The Bertz CT molecular complexity index is 1310. The standard InChI is InChI=1S/C28H27BrF2N2O4/c1-16-13-19(29)14-17(2)27(16)32-28(36)18(3)37-25-11-7-21(31)15-23(25)24(34)10-12-26(35)33(4)22-8-5-20(30)6-9-22/h5-9,11,13-15,18H,10,12H2,1-4H3,(H,32,36)/t18-/m1/s1. The van der Waals surface area contributed by atoms with Crippen molar-refractivity contribution in [1.29, 1.82) is 0 Å². The second-order valence-electron chi connectivity index (χ2n) is 8.66. The van der Waals surface area contributed by atoms with E-state index in [4.69, 9.17) is 4.74 Å². The fourth-order valence-electron chi connectivity index (χ4n) is 3.73. The lowest BCUT2D eigenvalue weighted by molar-refractivity contribution is -0.122. The molecule has 0 fully saturated rings. The van der Waals surface area contributed by atoms with Crippen molar-refractivity contribution in [3.63, 3.8) is 0 Å². The number of benzene rings is 3. The Morgan fingerprint density at radius 3 is 2.16 bits per heavy atom. The fraction of sp³-hybridized carbons (Fsp3) is 0.250. The summed E-state index contributed by atoms with van der Waals surface area (Å²) >= 11 is 3.42. The Balaban J connectivity index is 1.68. The zero-order valence-electron chi connectivity index (χ0n) is 20.9. The van der Waals surface area contributed by atoms with E-state index in [1.54, 1.807) is 0 Å². The molecule has 0 spiro atoms. The quantitative estimate of drug-likeness (QED) is 0.302. The summed E-state index contributed by atoms with van der Waals surface area (Å²) in [7, 11) is 1.52. The highest BCUT2D eigenvalue weighted by molar-refractivity contribution is 9.10. The van der Waals surface area contributed by atoms with Crippen LogP contribution >= 0.6 is 15.9 Å². The molecule has 0 aliphatic heterocycles. The van der Waals surface area contributed by atoms with Crippen LogP contribution in [0.3, 0.4) is 0 Å². The van der Waals surface area contributed by atoms with Gasteiger partial charge in [0.25, 0.3) is 5.91 Å². The average molecular weight is 573 g/mol. The molecule has 0 aliphatic rings. The molecular weight excluding hydrogens is 546 g/mol. The first-order chi connectivity index (χ1) is 17.5. The van der Waals surface area contributed by atoms with Crippen LogP contribution in [0.1, 0.15) is 41.3 Å². The number of nitrogens with one attached hydrogen (secondary N) is 1. The van der Waals surface area contributed by atoms with Gasteiger partial charge in [-0.05, 0) is 86.5 Å². The fourth-order valence-corrected chi connectivity index (χ4v) is 4.42. The highest BCUT2D eigenvalue weighted by Crippen LogP contribution is 2.27. The molecule has 0 aromatic heterocycles. The van der Waals surface area contributed by atoms with Gasteiger partial charge in [0.05, 0.1) is 5.56 Å². The van der Waals surface area contributed by atoms with E-state index in [9.17, 15) is 23.2 Å². The van der Waals surface area contributed by atoms with Gasteiger partial charge >= 0.3 is 0 Å². The van der Waals surface area contributed by atoms with E-state index in [1.807, 2.05) is 26.0 Å². The molecule has 194 valence electrons. The van der Waals surface area contributed by atoms with Crippen LogP contribution in [0, 0.1) is 25.5 Å². The molecule has 6 nitrogen and oxygen atoms in total. The number of amides is 2. The second-order valence-corrected chi connectivity index (χ2v) is 9.57.